The highest BCUT2D eigenvalue weighted by molar-refractivity contribution is 7.40. The van der Waals surface area contributed by atoms with Crippen molar-refractivity contribution in [2.24, 2.45) is 5.41 Å². The lowest BCUT2D eigenvalue weighted by Crippen LogP contribution is -2.16. The van der Waals surface area contributed by atoms with Crippen LogP contribution < -0.4 is 0 Å². The summed E-state index contributed by atoms with van der Waals surface area (Å²) in [6, 6.07) is 0. The van der Waals surface area contributed by atoms with E-state index in [1.807, 2.05) is 20.8 Å². The van der Waals surface area contributed by atoms with Gasteiger partial charge < -0.3 is 0 Å². The lowest BCUT2D eigenvalue weighted by atomic mass is 9.92. The second kappa shape index (κ2) is 2.59. The molecule has 0 aliphatic heterocycles. The van der Waals surface area contributed by atoms with E-state index >= 15 is 0 Å². The molecule has 8 heavy (non-hydrogen) atoms. The molecule has 1 unspecified atom stereocenters. The van der Waals surface area contributed by atoms with E-state index in [-0.39, 0.29) is 20.1 Å². The average molecular weight is 134 g/mol. The summed E-state index contributed by atoms with van der Waals surface area (Å²) in [5.74, 6) is 0. The Kier molecular flexibility index (Phi) is 2.01. The summed E-state index contributed by atoms with van der Waals surface area (Å²) in [6.07, 6.45) is 0.831. The molecular formula is C6H13OP. The largest absolute Gasteiger partial charge is 0.295 e. The van der Waals surface area contributed by atoms with E-state index in [9.17, 15) is 4.79 Å². The van der Waals surface area contributed by atoms with Gasteiger partial charge in [0.05, 0.1) is 1.28 Å². The van der Waals surface area contributed by atoms with Crippen LogP contribution in [-0.4, -0.2) is 6.80 Å². The molecule has 0 radical (unpaired) electrons. The van der Waals surface area contributed by atoms with Crippen molar-refractivity contribution in [1.82, 2.24) is 0 Å². The number of rotatable bonds is 3. The van der Waals surface area contributed by atoms with Crippen molar-refractivity contribution >= 4 is 14.7 Å². The number of carbonyl (C=O) groups excluding carboxylic acids is 1. The van der Waals surface area contributed by atoms with Crippen LogP contribution in [0, 0.1) is 5.41 Å². The summed E-state index contributed by atoms with van der Waals surface area (Å²) in [4.78, 5) is 10.9. The van der Waals surface area contributed by atoms with Gasteiger partial charge in [-0.3, -0.25) is 4.79 Å². The number of hydrogen-bond donors (Lipinski definition) is 0. The highest BCUT2D eigenvalue weighted by atomic mass is 31.0. The van der Waals surface area contributed by atoms with E-state index in [0.29, 0.717) is 0 Å². The van der Waals surface area contributed by atoms with Gasteiger partial charge in [-0.25, -0.2) is 0 Å². The van der Waals surface area contributed by atoms with E-state index < -0.39 is 0 Å². The van der Waals surface area contributed by atoms with Gasteiger partial charge >= 0.3 is 0 Å². The maximum absolute atomic E-state index is 10.9. The Balaban J connectivity index is 3.97. The molecule has 0 aromatic rings. The van der Waals surface area contributed by atoms with E-state index in [4.69, 9.17) is 1.28 Å². The predicted octanol–water partition coefficient (Wildman–Crippen LogP) is 1.82. The highest BCUT2D eigenvalue weighted by Gasteiger charge is 2.20. The van der Waals surface area contributed by atoms with Crippen molar-refractivity contribution in [3.05, 3.63) is 0 Å². The minimum absolute atomic E-state index is 0.0602. The van der Waals surface area contributed by atoms with Gasteiger partial charge in [-0.2, -0.15) is 0 Å². The van der Waals surface area contributed by atoms with E-state index in [1.54, 1.807) is 0 Å². The van der Waals surface area contributed by atoms with Crippen LogP contribution in [0.15, 0.2) is 0 Å². The van der Waals surface area contributed by atoms with Crippen LogP contribution in [0.1, 0.15) is 27.2 Å². The standard InChI is InChI=1S/C6H13OP/c1-4-6(2,3)5(7)8/h4,8H2,1-3H3/i8T. The monoisotopic (exact) mass is 134 g/mol. The molecular weight excluding hydrogens is 119 g/mol. The maximum atomic E-state index is 10.9. The van der Waals surface area contributed by atoms with Crippen LogP contribution in [0.5, 0.6) is 0 Å². The zero-order chi connectivity index (χ0) is 7.49. The number of carbonyl (C=O) groups is 1. The normalized spacial score (nSPS) is 14.6. The Hall–Kier alpha value is 0.100. The SMILES string of the molecule is [3H]PC(=O)C(C)(C)CC. The Labute approximate surface area is 54.3 Å². The fourth-order valence-corrected chi connectivity index (χ4v) is 0.337. The van der Waals surface area contributed by atoms with Crippen LogP contribution in [-0.2, 0) is 4.79 Å². The Morgan fingerprint density at radius 2 is 2.38 bits per heavy atom. The molecule has 1 atom stereocenters. The summed E-state index contributed by atoms with van der Waals surface area (Å²) >= 11 is 0. The molecule has 0 rings (SSSR count). The van der Waals surface area contributed by atoms with Crippen molar-refractivity contribution in [3.8, 4) is 0 Å². The molecule has 0 saturated carbocycles. The van der Waals surface area contributed by atoms with Gasteiger partial charge in [0.25, 0.3) is 0 Å². The molecule has 48 valence electrons. The van der Waals surface area contributed by atoms with Gasteiger partial charge in [0.1, 0.15) is 0 Å². The second-order valence-electron chi connectivity index (χ2n) is 2.57. The van der Waals surface area contributed by atoms with Crippen LogP contribution in [0.25, 0.3) is 0 Å². The molecule has 2 heteroatoms. The van der Waals surface area contributed by atoms with Crippen LogP contribution in [0.3, 0.4) is 0 Å². The molecule has 0 fully saturated rings. The fraction of sp³-hybridized carbons (Fsp3) is 0.833. The molecule has 0 amide bonds. The summed E-state index contributed by atoms with van der Waals surface area (Å²) in [6.45, 7) is 5.74. The van der Waals surface area contributed by atoms with E-state index in [1.165, 1.54) is 0 Å². The average Bonchev–Trinajstić information content (AvgIpc) is 1.86. The first-order chi connectivity index (χ1) is 4.04. The zero-order valence-electron chi connectivity index (χ0n) is 6.62. The quantitative estimate of drug-likeness (QED) is 0.538. The molecule has 0 aromatic heterocycles. The van der Waals surface area contributed by atoms with Gasteiger partial charge in [-0.1, -0.05) is 30.0 Å². The van der Waals surface area contributed by atoms with Crippen molar-refractivity contribution in [2.75, 3.05) is 0 Å². The molecule has 0 aromatic carbocycles. The van der Waals surface area contributed by atoms with Crippen LogP contribution in [0.4, 0.5) is 0 Å². The van der Waals surface area contributed by atoms with Gasteiger partial charge in [0.15, 0.2) is 5.52 Å². The lowest BCUT2D eigenvalue weighted by Gasteiger charge is -2.16. The first-order valence-electron chi connectivity index (χ1n) is 3.26. The second-order valence-corrected chi connectivity index (χ2v) is 3.02. The van der Waals surface area contributed by atoms with Gasteiger partial charge in [0.2, 0.25) is 0 Å². The van der Waals surface area contributed by atoms with Crippen molar-refractivity contribution < 1.29 is 4.79 Å². The third-order valence-corrected chi connectivity index (χ3v) is 2.18. The molecule has 0 N–H and O–H groups in total. The zero-order valence-corrected chi connectivity index (χ0v) is 6.62. The van der Waals surface area contributed by atoms with E-state index in [2.05, 4.69) is 0 Å². The van der Waals surface area contributed by atoms with Gasteiger partial charge in [-0.15, -0.1) is 0 Å². The highest BCUT2D eigenvalue weighted by Crippen LogP contribution is 2.23. The smallest absolute Gasteiger partial charge is 0.153 e. The third kappa shape index (κ3) is 1.92. The first-order valence-corrected chi connectivity index (χ1v) is 3.26. The third-order valence-electron chi connectivity index (χ3n) is 1.50. The molecule has 0 heterocycles. The number of hydrogen-bond acceptors (Lipinski definition) is 1. The summed E-state index contributed by atoms with van der Waals surface area (Å²) in [5.41, 5.74) is -0.204. The Morgan fingerprint density at radius 1 is 1.88 bits per heavy atom. The molecule has 0 bridgehead atoms. The van der Waals surface area contributed by atoms with Crippen molar-refractivity contribution in [2.45, 2.75) is 27.2 Å². The first kappa shape index (κ1) is 6.22. The molecule has 0 spiro atoms. The van der Waals surface area contributed by atoms with E-state index in [0.717, 1.165) is 6.42 Å². The topological polar surface area (TPSA) is 17.1 Å². The van der Waals surface area contributed by atoms with Crippen molar-refractivity contribution in [1.29, 1.82) is 1.28 Å². The summed E-state index contributed by atoms with van der Waals surface area (Å²) in [5, 5.41) is 0. The van der Waals surface area contributed by atoms with Crippen LogP contribution in [0.2, 0.25) is 0 Å². The summed E-state index contributed by atoms with van der Waals surface area (Å²) in [7, 11) is -0.299. The minimum Gasteiger partial charge on any atom is -0.295 e. The molecule has 1 nitrogen and oxygen atoms in total. The van der Waals surface area contributed by atoms with Crippen LogP contribution >= 0.6 is 9.18 Å². The minimum atomic E-state index is -0.299. The maximum Gasteiger partial charge on any atom is 0.153 e. The summed E-state index contributed by atoms with van der Waals surface area (Å²) < 4.78 is 6.85. The van der Waals surface area contributed by atoms with Gasteiger partial charge in [0, 0.05) is 5.41 Å². The van der Waals surface area contributed by atoms with Gasteiger partial charge in [-0.05, 0) is 6.42 Å². The predicted molar refractivity (Wildman–Crippen MR) is 38.8 cm³/mol. The lowest BCUT2D eigenvalue weighted by molar-refractivity contribution is -0.118. The fourth-order valence-electron chi connectivity index (χ4n) is 0.161. The molecule has 0 aliphatic carbocycles. The Morgan fingerprint density at radius 3 is 2.50 bits per heavy atom. The Bertz CT molecular complexity index is 112. The molecule has 0 saturated heterocycles. The van der Waals surface area contributed by atoms with Crippen molar-refractivity contribution in [3.63, 3.8) is 0 Å². The molecule has 0 aliphatic rings.